The molecule has 1 aromatic heterocycles. The molecular formula is C50H33NO. The Kier molecular flexibility index (Phi) is 3.63. The zero-order chi connectivity index (χ0) is 53.6. The quantitative estimate of drug-likeness (QED) is 0.173. The van der Waals surface area contributed by atoms with E-state index >= 15 is 0 Å². The van der Waals surface area contributed by atoms with Crippen LogP contribution in [0.4, 0.5) is 17.1 Å². The van der Waals surface area contributed by atoms with Gasteiger partial charge in [-0.15, -0.1) is 0 Å². The van der Waals surface area contributed by atoms with Crippen molar-refractivity contribution in [2.75, 3.05) is 4.90 Å². The minimum Gasteiger partial charge on any atom is -0.456 e. The first-order valence-corrected chi connectivity index (χ1v) is 16.0. The van der Waals surface area contributed by atoms with Crippen LogP contribution >= 0.6 is 0 Å². The first-order chi connectivity index (χ1) is 34.9. The minimum absolute atomic E-state index is 0.0535. The van der Waals surface area contributed by atoms with E-state index in [2.05, 4.69) is 0 Å². The molecule has 0 unspecified atom stereocenters. The van der Waals surface area contributed by atoms with Crippen molar-refractivity contribution in [3.05, 3.63) is 200 Å². The van der Waals surface area contributed by atoms with E-state index in [1.54, 1.807) is 24.3 Å². The Bertz CT molecular complexity index is 3930. The zero-order valence-electron chi connectivity index (χ0n) is 48.7. The Balaban J connectivity index is 1.30. The standard InChI is InChI=1S/C50H33NO/c1-3-16-43-34(10-1)12-8-19-45(43)36-22-27-40(28-23-36)51(41-29-24-37(25-30-41)46-20-9-13-35-11-2-4-17-44(35)46)42-15-7-14-38(32-42)39-26-31-50-48(33-39)47-18-5-6-21-49(47)52-50/h1-33H/i1D,2D,3D,4D,8D,9D,10D,11D,12D,13D,16D,17D,19D,20D,22D,23D,24D,25D,27D,28D,29D,30D. The number of anilines is 3. The summed E-state index contributed by atoms with van der Waals surface area (Å²) in [5, 5.41) is -0.503. The third-order valence-electron chi connectivity index (χ3n) is 8.61. The van der Waals surface area contributed by atoms with Crippen LogP contribution in [0.1, 0.15) is 30.2 Å². The summed E-state index contributed by atoms with van der Waals surface area (Å²) in [5.74, 6) is 0. The molecule has 0 bridgehead atoms. The summed E-state index contributed by atoms with van der Waals surface area (Å²) in [5.41, 5.74) is -1.75. The summed E-state index contributed by atoms with van der Waals surface area (Å²) in [7, 11) is 0. The predicted octanol–water partition coefficient (Wildman–Crippen LogP) is 14.4. The van der Waals surface area contributed by atoms with E-state index in [0.29, 0.717) is 22.3 Å². The average Bonchev–Trinajstić information content (AvgIpc) is 3.79. The van der Waals surface area contributed by atoms with Gasteiger partial charge >= 0.3 is 0 Å². The highest BCUT2D eigenvalue weighted by Crippen LogP contribution is 2.40. The van der Waals surface area contributed by atoms with Gasteiger partial charge in [-0.05, 0) is 109 Å². The molecule has 10 rings (SSSR count). The molecule has 0 radical (unpaired) electrons. The lowest BCUT2D eigenvalue weighted by molar-refractivity contribution is 0.669. The van der Waals surface area contributed by atoms with Gasteiger partial charge < -0.3 is 9.32 Å². The molecule has 10 aromatic rings. The Morgan fingerprint density at radius 1 is 0.365 bits per heavy atom. The maximum Gasteiger partial charge on any atom is 0.135 e. The van der Waals surface area contributed by atoms with Gasteiger partial charge in [0, 0.05) is 27.8 Å². The van der Waals surface area contributed by atoms with Gasteiger partial charge in [0.2, 0.25) is 0 Å². The summed E-state index contributed by atoms with van der Waals surface area (Å²) in [4.78, 5) is 0.952. The van der Waals surface area contributed by atoms with Gasteiger partial charge in [0.1, 0.15) is 11.2 Å². The summed E-state index contributed by atoms with van der Waals surface area (Å²) in [6, 6.07) is 0.504. The van der Waals surface area contributed by atoms with E-state index in [1.165, 1.54) is 12.1 Å². The van der Waals surface area contributed by atoms with Gasteiger partial charge in [0.25, 0.3) is 0 Å². The summed E-state index contributed by atoms with van der Waals surface area (Å²) in [6.07, 6.45) is 0. The molecule has 0 saturated heterocycles. The fourth-order valence-corrected chi connectivity index (χ4v) is 6.19. The maximum absolute atomic E-state index is 9.64. The van der Waals surface area contributed by atoms with E-state index in [1.807, 2.05) is 30.3 Å². The van der Waals surface area contributed by atoms with Gasteiger partial charge in [0.15, 0.2) is 0 Å². The van der Waals surface area contributed by atoms with Crippen LogP contribution in [0.15, 0.2) is 204 Å². The van der Waals surface area contributed by atoms with Crippen LogP contribution in [-0.2, 0) is 0 Å². The van der Waals surface area contributed by atoms with Crippen molar-refractivity contribution < 1.29 is 34.6 Å². The number of para-hydroxylation sites is 1. The highest BCUT2D eigenvalue weighted by atomic mass is 16.3. The number of rotatable bonds is 6. The molecule has 244 valence electrons. The molecule has 0 atom stereocenters. The number of benzene rings is 9. The van der Waals surface area contributed by atoms with Gasteiger partial charge in [0.05, 0.1) is 30.2 Å². The van der Waals surface area contributed by atoms with Crippen molar-refractivity contribution in [3.8, 4) is 33.4 Å². The summed E-state index contributed by atoms with van der Waals surface area (Å²) in [6.45, 7) is 0. The molecular weight excluding hydrogens is 631 g/mol. The Hall–Kier alpha value is -6.90. The lowest BCUT2D eigenvalue weighted by atomic mass is 9.97. The van der Waals surface area contributed by atoms with Crippen LogP contribution in [0.25, 0.3) is 76.9 Å². The monoisotopic (exact) mass is 685 g/mol. The highest BCUT2D eigenvalue weighted by Gasteiger charge is 2.16. The number of fused-ring (bicyclic) bond motifs is 5. The molecule has 0 N–H and O–H groups in total. The normalized spacial score (nSPS) is 17.4. The van der Waals surface area contributed by atoms with Crippen molar-refractivity contribution in [2.45, 2.75) is 0 Å². The van der Waals surface area contributed by atoms with Crippen LogP contribution < -0.4 is 4.90 Å². The maximum atomic E-state index is 9.64. The zero-order valence-corrected chi connectivity index (χ0v) is 26.7. The van der Waals surface area contributed by atoms with Crippen molar-refractivity contribution in [1.82, 2.24) is 0 Å². The number of hydrogen-bond acceptors (Lipinski definition) is 2. The summed E-state index contributed by atoms with van der Waals surface area (Å²) < 4.78 is 203. The molecule has 52 heavy (non-hydrogen) atoms. The second-order valence-corrected chi connectivity index (χ2v) is 11.6. The first-order valence-electron chi connectivity index (χ1n) is 27.0. The fraction of sp³-hybridized carbons (Fsp3) is 0. The average molecular weight is 686 g/mol. The minimum atomic E-state index is -0.927. The first kappa shape index (κ1) is 15.1. The number of hydrogen-bond donors (Lipinski definition) is 0. The lowest BCUT2D eigenvalue weighted by Gasteiger charge is -2.26. The molecule has 2 heteroatoms. The smallest absolute Gasteiger partial charge is 0.135 e. The van der Waals surface area contributed by atoms with Crippen LogP contribution in [0, 0.1) is 0 Å². The largest absolute Gasteiger partial charge is 0.456 e. The SMILES string of the molecule is [2H]c1c([2H])c(N(c2cccc(-c3ccc4oc5ccccc5c4c3)c2)c2c([2H])c([2H])c(-c3c([2H])c([2H])c([2H])c4c([2H])c([2H])c([2H])c([2H])c34)c([2H])c2[2H])c([2H])c([2H])c1-c1c([2H])c([2H])c([2H])c2c([2H])c([2H])c([2H])c([2H])c12. The van der Waals surface area contributed by atoms with Crippen LogP contribution in [0.3, 0.4) is 0 Å². The van der Waals surface area contributed by atoms with Crippen LogP contribution in [0.5, 0.6) is 0 Å². The van der Waals surface area contributed by atoms with Gasteiger partial charge in [-0.3, -0.25) is 0 Å². The summed E-state index contributed by atoms with van der Waals surface area (Å²) >= 11 is 0. The van der Waals surface area contributed by atoms with Crippen molar-refractivity contribution in [1.29, 1.82) is 0 Å². The third kappa shape index (κ3) is 5.21. The van der Waals surface area contributed by atoms with Crippen LogP contribution in [-0.4, -0.2) is 0 Å². The molecule has 0 fully saturated rings. The third-order valence-corrected chi connectivity index (χ3v) is 8.61. The van der Waals surface area contributed by atoms with Gasteiger partial charge in [-0.2, -0.15) is 0 Å². The second kappa shape index (κ2) is 12.5. The van der Waals surface area contributed by atoms with E-state index in [4.69, 9.17) is 23.6 Å². The molecule has 0 spiro atoms. The molecule has 1 heterocycles. The highest BCUT2D eigenvalue weighted by molar-refractivity contribution is 6.06. The van der Waals surface area contributed by atoms with Crippen molar-refractivity contribution >= 4 is 60.5 Å². The van der Waals surface area contributed by atoms with Crippen molar-refractivity contribution in [3.63, 3.8) is 0 Å². The van der Waals surface area contributed by atoms with E-state index in [-0.39, 0.29) is 5.69 Å². The Labute approximate surface area is 333 Å². The Morgan fingerprint density at radius 2 is 0.923 bits per heavy atom. The van der Waals surface area contributed by atoms with Gasteiger partial charge in [-0.25, -0.2) is 0 Å². The molecule has 0 amide bonds. The predicted molar refractivity (Wildman–Crippen MR) is 220 cm³/mol. The lowest BCUT2D eigenvalue weighted by Crippen LogP contribution is -2.10. The number of furan rings is 1. The topological polar surface area (TPSA) is 16.4 Å². The second-order valence-electron chi connectivity index (χ2n) is 11.6. The van der Waals surface area contributed by atoms with Gasteiger partial charge in [-0.1, -0.05) is 145 Å². The molecule has 9 aromatic carbocycles. The van der Waals surface area contributed by atoms with E-state index in [0.717, 1.165) is 15.7 Å². The van der Waals surface area contributed by atoms with E-state index < -0.39 is 188 Å². The van der Waals surface area contributed by atoms with E-state index in [9.17, 15) is 11.0 Å². The van der Waals surface area contributed by atoms with Crippen LogP contribution in [0.2, 0.25) is 0 Å². The fourth-order valence-electron chi connectivity index (χ4n) is 6.19. The molecule has 0 aliphatic heterocycles. The number of nitrogens with zero attached hydrogens (tertiary/aromatic N) is 1. The molecule has 0 aliphatic rings. The molecule has 2 nitrogen and oxygen atoms in total. The van der Waals surface area contributed by atoms with Crippen molar-refractivity contribution in [2.24, 2.45) is 0 Å². The molecule has 0 saturated carbocycles. The Morgan fingerprint density at radius 3 is 1.58 bits per heavy atom. The molecule has 0 aliphatic carbocycles.